The van der Waals surface area contributed by atoms with Crippen LogP contribution in [0.3, 0.4) is 0 Å². The SMILES string of the molecule is CC(CCCc1ccccc1)c1cc(O)c2c(c1)N1C(=O)CCC1CC2=O. The van der Waals surface area contributed by atoms with E-state index in [1.807, 2.05) is 12.1 Å². The zero-order chi connectivity index (χ0) is 19.0. The van der Waals surface area contributed by atoms with Gasteiger partial charge in [-0.25, -0.2) is 0 Å². The molecule has 4 rings (SSSR count). The number of phenols is 1. The van der Waals surface area contributed by atoms with Crippen LogP contribution >= 0.6 is 0 Å². The highest BCUT2D eigenvalue weighted by atomic mass is 16.3. The predicted octanol–water partition coefficient (Wildman–Crippen LogP) is 4.60. The monoisotopic (exact) mass is 363 g/mol. The second-order valence-corrected chi connectivity index (χ2v) is 7.80. The van der Waals surface area contributed by atoms with Gasteiger partial charge in [0.15, 0.2) is 5.78 Å². The van der Waals surface area contributed by atoms with Crippen molar-refractivity contribution in [3.8, 4) is 5.75 Å². The van der Waals surface area contributed by atoms with Crippen LogP contribution < -0.4 is 4.90 Å². The fraction of sp³-hybridized carbons (Fsp3) is 0.391. The number of rotatable bonds is 5. The van der Waals surface area contributed by atoms with E-state index in [2.05, 4.69) is 31.2 Å². The van der Waals surface area contributed by atoms with Crippen molar-refractivity contribution in [1.29, 1.82) is 0 Å². The van der Waals surface area contributed by atoms with Crippen LogP contribution in [0.25, 0.3) is 0 Å². The molecule has 1 fully saturated rings. The summed E-state index contributed by atoms with van der Waals surface area (Å²) in [4.78, 5) is 26.5. The summed E-state index contributed by atoms with van der Waals surface area (Å²) < 4.78 is 0. The Morgan fingerprint density at radius 2 is 1.96 bits per heavy atom. The van der Waals surface area contributed by atoms with Crippen LogP contribution in [0.15, 0.2) is 42.5 Å². The molecule has 0 aliphatic carbocycles. The summed E-state index contributed by atoms with van der Waals surface area (Å²) in [6.07, 6.45) is 4.58. The lowest BCUT2D eigenvalue weighted by molar-refractivity contribution is -0.117. The van der Waals surface area contributed by atoms with Crippen LogP contribution in [0, 0.1) is 0 Å². The van der Waals surface area contributed by atoms with E-state index in [4.69, 9.17) is 0 Å². The van der Waals surface area contributed by atoms with E-state index in [9.17, 15) is 14.7 Å². The Hall–Kier alpha value is -2.62. The van der Waals surface area contributed by atoms with E-state index >= 15 is 0 Å². The maximum atomic E-state index is 12.5. The average Bonchev–Trinajstić information content (AvgIpc) is 3.02. The number of hydrogen-bond donors (Lipinski definition) is 1. The summed E-state index contributed by atoms with van der Waals surface area (Å²) in [5.41, 5.74) is 3.26. The highest BCUT2D eigenvalue weighted by Gasteiger charge is 2.41. The average molecular weight is 363 g/mol. The molecule has 0 saturated carbocycles. The molecule has 2 aliphatic heterocycles. The molecule has 0 spiro atoms. The van der Waals surface area contributed by atoms with Crippen LogP contribution in [0.5, 0.6) is 5.75 Å². The fourth-order valence-corrected chi connectivity index (χ4v) is 4.40. The largest absolute Gasteiger partial charge is 0.507 e. The molecule has 140 valence electrons. The maximum absolute atomic E-state index is 12.5. The molecule has 4 heteroatoms. The fourth-order valence-electron chi connectivity index (χ4n) is 4.40. The van der Waals surface area contributed by atoms with Gasteiger partial charge in [0.2, 0.25) is 5.91 Å². The summed E-state index contributed by atoms with van der Waals surface area (Å²) in [5, 5.41) is 10.5. The zero-order valence-electron chi connectivity index (χ0n) is 15.6. The summed E-state index contributed by atoms with van der Waals surface area (Å²) >= 11 is 0. The highest BCUT2D eigenvalue weighted by Crippen LogP contribution is 2.43. The smallest absolute Gasteiger partial charge is 0.227 e. The number of Topliss-reactive ketones (excluding diaryl/α,β-unsaturated/α-hetero) is 1. The molecule has 1 N–H and O–H groups in total. The minimum absolute atomic E-state index is 0.0144. The van der Waals surface area contributed by atoms with Crippen molar-refractivity contribution >= 4 is 17.4 Å². The van der Waals surface area contributed by atoms with Gasteiger partial charge in [0.05, 0.1) is 11.3 Å². The molecule has 0 bridgehead atoms. The van der Waals surface area contributed by atoms with Crippen molar-refractivity contribution in [2.45, 2.75) is 57.4 Å². The lowest BCUT2D eigenvalue weighted by atomic mass is 9.88. The first kappa shape index (κ1) is 17.8. The van der Waals surface area contributed by atoms with Gasteiger partial charge < -0.3 is 10.0 Å². The first-order valence-electron chi connectivity index (χ1n) is 9.80. The molecule has 2 unspecified atom stereocenters. The van der Waals surface area contributed by atoms with E-state index < -0.39 is 0 Å². The molecule has 2 heterocycles. The van der Waals surface area contributed by atoms with Crippen LogP contribution in [0.4, 0.5) is 5.69 Å². The number of benzene rings is 2. The third kappa shape index (κ3) is 3.36. The quantitative estimate of drug-likeness (QED) is 0.844. The van der Waals surface area contributed by atoms with Gasteiger partial charge in [-0.15, -0.1) is 0 Å². The number of aryl methyl sites for hydroxylation is 1. The van der Waals surface area contributed by atoms with E-state index in [0.29, 0.717) is 24.1 Å². The van der Waals surface area contributed by atoms with Gasteiger partial charge in [0.25, 0.3) is 0 Å². The number of aromatic hydroxyl groups is 1. The number of hydrogen-bond acceptors (Lipinski definition) is 3. The standard InChI is InChI=1S/C23H25NO3/c1-15(6-5-9-16-7-3-2-4-8-16)17-12-19-23(20(25)13-17)21(26)14-18-10-11-22(27)24(18)19/h2-4,7-8,12-13,15,18,25H,5-6,9-11,14H2,1H3. The molecular weight excluding hydrogens is 338 g/mol. The van der Waals surface area contributed by atoms with Gasteiger partial charge >= 0.3 is 0 Å². The van der Waals surface area contributed by atoms with Gasteiger partial charge in [0, 0.05) is 18.9 Å². The van der Waals surface area contributed by atoms with E-state index in [0.717, 1.165) is 31.2 Å². The first-order chi connectivity index (χ1) is 13.0. The van der Waals surface area contributed by atoms with E-state index in [-0.39, 0.29) is 29.4 Å². The number of anilines is 1. The molecule has 2 atom stereocenters. The Morgan fingerprint density at radius 1 is 1.19 bits per heavy atom. The lowest BCUT2D eigenvalue weighted by Crippen LogP contribution is -2.39. The molecule has 4 nitrogen and oxygen atoms in total. The first-order valence-corrected chi connectivity index (χ1v) is 9.80. The normalized spacial score (nSPS) is 19.7. The Kier molecular flexibility index (Phi) is 4.73. The maximum Gasteiger partial charge on any atom is 0.227 e. The van der Waals surface area contributed by atoms with Gasteiger partial charge in [0.1, 0.15) is 5.75 Å². The van der Waals surface area contributed by atoms with Crippen LogP contribution in [0.1, 0.15) is 66.4 Å². The molecule has 27 heavy (non-hydrogen) atoms. The second-order valence-electron chi connectivity index (χ2n) is 7.80. The van der Waals surface area contributed by atoms with Crippen molar-refractivity contribution in [3.05, 3.63) is 59.2 Å². The Morgan fingerprint density at radius 3 is 2.74 bits per heavy atom. The highest BCUT2D eigenvalue weighted by molar-refractivity contribution is 6.12. The summed E-state index contributed by atoms with van der Waals surface area (Å²) in [6.45, 7) is 2.14. The number of carbonyl (C=O) groups is 2. The molecule has 1 amide bonds. The lowest BCUT2D eigenvalue weighted by Gasteiger charge is -2.32. The topological polar surface area (TPSA) is 57.6 Å². The number of amides is 1. The Labute approximate surface area is 159 Å². The van der Waals surface area contributed by atoms with E-state index in [1.54, 1.807) is 11.0 Å². The van der Waals surface area contributed by atoms with Crippen LogP contribution in [-0.2, 0) is 11.2 Å². The molecule has 1 saturated heterocycles. The number of phenolic OH excluding ortho intramolecular Hbond substituents is 1. The summed E-state index contributed by atoms with van der Waals surface area (Å²) in [5.74, 6) is 0.266. The van der Waals surface area contributed by atoms with Crippen molar-refractivity contribution in [2.24, 2.45) is 0 Å². The molecule has 0 aromatic heterocycles. The van der Waals surface area contributed by atoms with E-state index in [1.165, 1.54) is 5.56 Å². The van der Waals surface area contributed by atoms with Gasteiger partial charge in [-0.1, -0.05) is 37.3 Å². The van der Waals surface area contributed by atoms with Gasteiger partial charge in [-0.05, 0) is 54.9 Å². The number of nitrogens with zero attached hydrogens (tertiary/aromatic N) is 1. The minimum atomic E-state index is -0.0540. The van der Waals surface area contributed by atoms with Crippen LogP contribution in [-0.4, -0.2) is 22.8 Å². The van der Waals surface area contributed by atoms with Gasteiger partial charge in [-0.3, -0.25) is 9.59 Å². The molecule has 0 radical (unpaired) electrons. The van der Waals surface area contributed by atoms with Gasteiger partial charge in [-0.2, -0.15) is 0 Å². The third-order valence-corrected chi connectivity index (χ3v) is 5.92. The van der Waals surface area contributed by atoms with Crippen molar-refractivity contribution in [2.75, 3.05) is 4.90 Å². The second kappa shape index (κ2) is 7.18. The van der Waals surface area contributed by atoms with Crippen molar-refractivity contribution in [3.63, 3.8) is 0 Å². The summed E-state index contributed by atoms with van der Waals surface area (Å²) in [6, 6.07) is 14.0. The Balaban J connectivity index is 1.54. The Bertz CT molecular complexity index is 875. The predicted molar refractivity (Wildman–Crippen MR) is 105 cm³/mol. The van der Waals surface area contributed by atoms with Crippen LogP contribution in [0.2, 0.25) is 0 Å². The zero-order valence-corrected chi connectivity index (χ0v) is 15.6. The summed E-state index contributed by atoms with van der Waals surface area (Å²) in [7, 11) is 0. The molecular formula is C23H25NO3. The number of ketones is 1. The number of carbonyl (C=O) groups excluding carboxylic acids is 2. The van der Waals surface area contributed by atoms with Crippen molar-refractivity contribution < 1.29 is 14.7 Å². The minimum Gasteiger partial charge on any atom is -0.507 e. The third-order valence-electron chi connectivity index (χ3n) is 5.92. The molecule has 2 aromatic rings. The number of fused-ring (bicyclic) bond motifs is 3. The molecule has 2 aliphatic rings. The molecule has 2 aromatic carbocycles. The van der Waals surface area contributed by atoms with Crippen molar-refractivity contribution in [1.82, 2.24) is 0 Å².